The van der Waals surface area contributed by atoms with E-state index in [0.717, 1.165) is 6.07 Å². The lowest BCUT2D eigenvalue weighted by molar-refractivity contribution is 0.433. The van der Waals surface area contributed by atoms with Crippen molar-refractivity contribution in [3.63, 3.8) is 0 Å². The summed E-state index contributed by atoms with van der Waals surface area (Å²) in [6, 6.07) is 3.65. The van der Waals surface area contributed by atoms with Crippen LogP contribution in [0.5, 0.6) is 11.5 Å². The minimum atomic E-state index is -0.974. The average molecular weight is 315 g/mol. The van der Waals surface area contributed by atoms with Crippen molar-refractivity contribution in [1.82, 2.24) is 0 Å². The van der Waals surface area contributed by atoms with Crippen LogP contribution in [-0.4, -0.2) is 10.2 Å². The maximum absolute atomic E-state index is 13.6. The van der Waals surface area contributed by atoms with Crippen LogP contribution in [0.3, 0.4) is 0 Å². The molecule has 0 saturated heterocycles. The largest absolute Gasteiger partial charge is 0.506 e. The van der Waals surface area contributed by atoms with Gasteiger partial charge in [-0.05, 0) is 18.2 Å². The lowest BCUT2D eigenvalue weighted by atomic mass is 10.1. The molecule has 3 rings (SSSR count). The molecular weight excluding hydrogens is 310 g/mol. The molecule has 0 aliphatic carbocycles. The second kappa shape index (κ2) is 4.26. The Bertz CT molecular complexity index is 933. The number of phenolic OH excluding ortho intramolecular Hbond substituents is 2. The summed E-state index contributed by atoms with van der Waals surface area (Å²) in [6.45, 7) is 0. The number of aromatic hydroxyl groups is 2. The summed E-state index contributed by atoms with van der Waals surface area (Å²) in [4.78, 5) is 11.9. The molecule has 0 radical (unpaired) electrons. The summed E-state index contributed by atoms with van der Waals surface area (Å²) >= 11 is 11.6. The summed E-state index contributed by atoms with van der Waals surface area (Å²) in [6.07, 6.45) is 0. The van der Waals surface area contributed by atoms with Crippen molar-refractivity contribution in [2.45, 2.75) is 0 Å². The molecule has 1 aromatic heterocycles. The molecule has 3 aromatic rings. The van der Waals surface area contributed by atoms with E-state index >= 15 is 0 Å². The number of phenols is 2. The molecule has 4 nitrogen and oxygen atoms in total. The van der Waals surface area contributed by atoms with Crippen LogP contribution in [-0.2, 0) is 0 Å². The van der Waals surface area contributed by atoms with E-state index in [1.54, 1.807) is 0 Å². The Morgan fingerprint density at radius 1 is 1.10 bits per heavy atom. The van der Waals surface area contributed by atoms with E-state index in [1.165, 1.54) is 12.1 Å². The van der Waals surface area contributed by atoms with Crippen molar-refractivity contribution in [2.75, 3.05) is 0 Å². The maximum atomic E-state index is 13.6. The lowest BCUT2D eigenvalue weighted by Crippen LogP contribution is -2.02. The molecule has 7 heteroatoms. The van der Waals surface area contributed by atoms with Crippen LogP contribution in [0.1, 0.15) is 0 Å². The molecule has 2 N–H and O–H groups in total. The van der Waals surface area contributed by atoms with Gasteiger partial charge in [0.25, 0.3) is 0 Å². The molecule has 0 amide bonds. The van der Waals surface area contributed by atoms with Crippen molar-refractivity contribution >= 4 is 44.9 Å². The van der Waals surface area contributed by atoms with E-state index < -0.39 is 22.2 Å². The topological polar surface area (TPSA) is 70.7 Å². The van der Waals surface area contributed by atoms with Crippen LogP contribution in [0.2, 0.25) is 10.0 Å². The standard InChI is InChI=1S/C13H5Cl2FO4/c14-9-7(17)2-1-4-5-3-6(16)11(18)10(15)8(5)13(19)20-12(4)9/h1-3,17-18H. The van der Waals surface area contributed by atoms with Crippen LogP contribution >= 0.6 is 23.2 Å². The molecule has 0 aliphatic rings. The van der Waals surface area contributed by atoms with Gasteiger partial charge >= 0.3 is 5.63 Å². The van der Waals surface area contributed by atoms with E-state index in [0.29, 0.717) is 5.39 Å². The molecule has 1 heterocycles. The number of rotatable bonds is 0. The fraction of sp³-hybridized carbons (Fsp3) is 0. The summed E-state index contributed by atoms with van der Waals surface area (Å²) < 4.78 is 18.6. The summed E-state index contributed by atoms with van der Waals surface area (Å²) in [5, 5.41) is 18.6. The first-order valence-corrected chi connectivity index (χ1v) is 6.12. The number of benzene rings is 2. The van der Waals surface area contributed by atoms with Crippen molar-refractivity contribution in [2.24, 2.45) is 0 Å². The predicted molar refractivity (Wildman–Crippen MR) is 73.3 cm³/mol. The second-order valence-corrected chi connectivity index (χ2v) is 4.86. The van der Waals surface area contributed by atoms with E-state index in [4.69, 9.17) is 27.6 Å². The van der Waals surface area contributed by atoms with Gasteiger partial charge < -0.3 is 14.6 Å². The molecule has 2 aromatic carbocycles. The minimum Gasteiger partial charge on any atom is -0.506 e. The monoisotopic (exact) mass is 314 g/mol. The molecule has 0 unspecified atom stereocenters. The van der Waals surface area contributed by atoms with Crippen molar-refractivity contribution in [1.29, 1.82) is 0 Å². The van der Waals surface area contributed by atoms with Crippen molar-refractivity contribution < 1.29 is 19.0 Å². The van der Waals surface area contributed by atoms with E-state index in [2.05, 4.69) is 0 Å². The minimum absolute atomic E-state index is 0.0784. The number of halogens is 3. The van der Waals surface area contributed by atoms with Gasteiger partial charge in [-0.1, -0.05) is 23.2 Å². The highest BCUT2D eigenvalue weighted by atomic mass is 35.5. The molecule has 0 atom stereocenters. The lowest BCUT2D eigenvalue weighted by Gasteiger charge is -2.07. The zero-order valence-corrected chi connectivity index (χ0v) is 11.1. The predicted octanol–water partition coefficient (Wildman–Crippen LogP) is 3.80. The van der Waals surface area contributed by atoms with Crippen LogP contribution < -0.4 is 5.63 Å². The average Bonchev–Trinajstić information content (AvgIpc) is 2.40. The second-order valence-electron chi connectivity index (χ2n) is 4.11. The first-order chi connectivity index (χ1) is 9.41. The highest BCUT2D eigenvalue weighted by molar-refractivity contribution is 6.39. The van der Waals surface area contributed by atoms with E-state index in [9.17, 15) is 19.4 Å². The van der Waals surface area contributed by atoms with Crippen molar-refractivity contribution in [3.05, 3.63) is 44.5 Å². The third kappa shape index (κ3) is 1.63. The van der Waals surface area contributed by atoms with Gasteiger partial charge in [0.15, 0.2) is 17.1 Å². The van der Waals surface area contributed by atoms with Crippen molar-refractivity contribution in [3.8, 4) is 11.5 Å². The molecule has 0 spiro atoms. The third-order valence-electron chi connectivity index (χ3n) is 2.96. The Kier molecular flexibility index (Phi) is 2.77. The van der Waals surface area contributed by atoms with Gasteiger partial charge in [0.2, 0.25) is 0 Å². The highest BCUT2D eigenvalue weighted by Crippen LogP contribution is 2.39. The van der Waals surface area contributed by atoms with Crippen LogP contribution in [0.15, 0.2) is 27.4 Å². The number of fused-ring (bicyclic) bond motifs is 3. The van der Waals surface area contributed by atoms with Gasteiger partial charge in [0.1, 0.15) is 15.8 Å². The molecular formula is C13H5Cl2FO4. The van der Waals surface area contributed by atoms with Crippen LogP contribution in [0, 0.1) is 5.82 Å². The molecule has 0 saturated carbocycles. The molecule has 0 bridgehead atoms. The van der Waals surface area contributed by atoms with Gasteiger partial charge in [-0.3, -0.25) is 0 Å². The van der Waals surface area contributed by atoms with Crippen LogP contribution in [0.25, 0.3) is 21.7 Å². The first kappa shape index (κ1) is 13.0. The first-order valence-electron chi connectivity index (χ1n) is 5.36. The molecule has 20 heavy (non-hydrogen) atoms. The molecule has 0 aliphatic heterocycles. The fourth-order valence-electron chi connectivity index (χ4n) is 2.02. The summed E-state index contributed by atoms with van der Waals surface area (Å²) in [5.74, 6) is -2.07. The Morgan fingerprint density at radius 2 is 1.80 bits per heavy atom. The third-order valence-corrected chi connectivity index (χ3v) is 3.69. The Morgan fingerprint density at radius 3 is 2.50 bits per heavy atom. The highest BCUT2D eigenvalue weighted by Gasteiger charge is 2.19. The van der Waals surface area contributed by atoms with E-state index in [-0.39, 0.29) is 27.1 Å². The summed E-state index contributed by atoms with van der Waals surface area (Å²) in [5.41, 5.74) is -0.967. The molecule has 102 valence electrons. The smallest absolute Gasteiger partial charge is 0.345 e. The number of hydrogen-bond donors (Lipinski definition) is 2. The van der Waals surface area contributed by atoms with E-state index in [1.807, 2.05) is 0 Å². The number of hydrogen-bond acceptors (Lipinski definition) is 4. The fourth-order valence-corrected chi connectivity index (χ4v) is 2.49. The Labute approximate surface area is 120 Å². The van der Waals surface area contributed by atoms with Crippen LogP contribution in [0.4, 0.5) is 4.39 Å². The Balaban J connectivity index is 2.69. The summed E-state index contributed by atoms with van der Waals surface area (Å²) in [7, 11) is 0. The van der Waals surface area contributed by atoms with Gasteiger partial charge in [0, 0.05) is 10.8 Å². The quantitative estimate of drug-likeness (QED) is 0.489. The maximum Gasteiger partial charge on any atom is 0.345 e. The zero-order valence-electron chi connectivity index (χ0n) is 9.58. The van der Waals surface area contributed by atoms with Gasteiger partial charge in [-0.15, -0.1) is 0 Å². The van der Waals surface area contributed by atoms with Gasteiger partial charge in [-0.25, -0.2) is 9.18 Å². The van der Waals surface area contributed by atoms with Gasteiger partial charge in [0.05, 0.1) is 5.39 Å². The SMILES string of the molecule is O=c1oc2c(Cl)c(O)ccc2c2cc(F)c(O)c(Cl)c12. The zero-order chi connectivity index (χ0) is 14.6. The van der Waals surface area contributed by atoms with Gasteiger partial charge in [-0.2, -0.15) is 0 Å². The molecule has 0 fully saturated rings. The Hall–Kier alpha value is -1.98. The normalized spacial score (nSPS) is 11.3.